The fraction of sp³-hybridized carbons (Fsp3) is 0.118. The van der Waals surface area contributed by atoms with Crippen molar-refractivity contribution in [1.29, 1.82) is 0 Å². The first kappa shape index (κ1) is 16.8. The Morgan fingerprint density at radius 1 is 1.16 bits per heavy atom. The van der Waals surface area contributed by atoms with Crippen LogP contribution < -0.4 is 5.32 Å². The lowest BCUT2D eigenvalue weighted by molar-refractivity contribution is 0.213. The summed E-state index contributed by atoms with van der Waals surface area (Å²) in [6.45, 7) is 1.81. The minimum atomic E-state index is 0.424. The van der Waals surface area contributed by atoms with Crippen LogP contribution in [0.3, 0.4) is 0 Å². The van der Waals surface area contributed by atoms with Gasteiger partial charge >= 0.3 is 0 Å². The molecular weight excluding hydrogens is 340 g/mol. The minimum absolute atomic E-state index is 0.424. The van der Waals surface area contributed by atoms with Gasteiger partial charge < -0.3 is 10.2 Å². The van der Waals surface area contributed by atoms with Crippen molar-refractivity contribution in [2.75, 3.05) is 12.4 Å². The summed E-state index contributed by atoms with van der Waals surface area (Å²) < 4.78 is 0. The van der Waals surface area contributed by atoms with E-state index in [1.54, 1.807) is 18.3 Å². The highest BCUT2D eigenvalue weighted by Gasteiger charge is 2.08. The highest BCUT2D eigenvalue weighted by molar-refractivity contribution is 6.30. The number of hydrogen-bond donors (Lipinski definition) is 1. The van der Waals surface area contributed by atoms with Crippen molar-refractivity contribution in [2.24, 2.45) is 5.16 Å². The number of aromatic nitrogens is 4. The normalized spacial score (nSPS) is 11.2. The fourth-order valence-electron chi connectivity index (χ4n) is 2.14. The molecule has 1 aromatic carbocycles. The molecule has 0 aliphatic rings. The fourth-order valence-corrected chi connectivity index (χ4v) is 2.33. The summed E-state index contributed by atoms with van der Waals surface area (Å²) in [6, 6.07) is 11.0. The van der Waals surface area contributed by atoms with Gasteiger partial charge in [-0.15, -0.1) is 0 Å². The molecule has 0 amide bonds. The molecule has 126 valence electrons. The third kappa shape index (κ3) is 4.27. The van der Waals surface area contributed by atoms with E-state index in [4.69, 9.17) is 16.4 Å². The first-order valence-electron chi connectivity index (χ1n) is 7.42. The molecule has 0 spiro atoms. The molecular formula is C17H15ClN6O. The van der Waals surface area contributed by atoms with Crippen molar-refractivity contribution in [2.45, 2.75) is 6.92 Å². The number of halogens is 1. The Morgan fingerprint density at radius 3 is 2.84 bits per heavy atom. The summed E-state index contributed by atoms with van der Waals surface area (Å²) in [5.74, 6) is 0.946. The average molecular weight is 355 g/mol. The average Bonchev–Trinajstić information content (AvgIpc) is 2.62. The van der Waals surface area contributed by atoms with Crippen LogP contribution in [0.15, 0.2) is 54.1 Å². The Bertz CT molecular complexity index is 915. The van der Waals surface area contributed by atoms with Crippen LogP contribution in [0.2, 0.25) is 5.02 Å². The molecule has 0 aliphatic heterocycles. The van der Waals surface area contributed by atoms with Crippen LogP contribution >= 0.6 is 11.6 Å². The largest absolute Gasteiger partial charge is 0.399 e. The molecule has 0 saturated heterocycles. The van der Waals surface area contributed by atoms with Crippen LogP contribution in [0.1, 0.15) is 12.6 Å². The van der Waals surface area contributed by atoms with Gasteiger partial charge in [0.05, 0.1) is 5.69 Å². The smallest absolute Gasteiger partial charge is 0.230 e. The van der Waals surface area contributed by atoms with E-state index in [0.717, 1.165) is 11.3 Å². The van der Waals surface area contributed by atoms with Gasteiger partial charge in [-0.05, 0) is 37.3 Å². The number of oxime groups is 1. The number of pyridine rings is 1. The predicted molar refractivity (Wildman–Crippen MR) is 97.0 cm³/mol. The van der Waals surface area contributed by atoms with Crippen LogP contribution in [0.4, 0.5) is 11.6 Å². The van der Waals surface area contributed by atoms with E-state index in [1.165, 1.54) is 13.4 Å². The summed E-state index contributed by atoms with van der Waals surface area (Å²) in [6.07, 6.45) is 3.12. The van der Waals surface area contributed by atoms with Crippen LogP contribution in [0, 0.1) is 0 Å². The van der Waals surface area contributed by atoms with E-state index in [0.29, 0.717) is 28.2 Å². The van der Waals surface area contributed by atoms with Crippen LogP contribution in [-0.4, -0.2) is 32.8 Å². The van der Waals surface area contributed by atoms with Crippen LogP contribution in [0.5, 0.6) is 0 Å². The molecule has 25 heavy (non-hydrogen) atoms. The maximum atomic E-state index is 5.99. The molecule has 3 rings (SSSR count). The molecule has 2 aromatic heterocycles. The van der Waals surface area contributed by atoms with Gasteiger partial charge in [0.2, 0.25) is 5.95 Å². The minimum Gasteiger partial charge on any atom is -0.399 e. The van der Waals surface area contributed by atoms with Gasteiger partial charge in [-0.2, -0.15) is 4.98 Å². The Labute approximate surface area is 149 Å². The lowest BCUT2D eigenvalue weighted by atomic mass is 10.2. The third-order valence-electron chi connectivity index (χ3n) is 3.27. The highest BCUT2D eigenvalue weighted by atomic mass is 35.5. The molecule has 8 heteroatoms. The Morgan fingerprint density at radius 2 is 2.04 bits per heavy atom. The van der Waals surface area contributed by atoms with Gasteiger partial charge in [0.25, 0.3) is 0 Å². The predicted octanol–water partition coefficient (Wildman–Crippen LogP) is 3.70. The summed E-state index contributed by atoms with van der Waals surface area (Å²) in [5, 5.41) is 7.62. The first-order chi connectivity index (χ1) is 12.2. The van der Waals surface area contributed by atoms with Gasteiger partial charge in [-0.3, -0.25) is 4.98 Å². The molecule has 7 nitrogen and oxygen atoms in total. The molecule has 0 unspecified atom stereocenters. The summed E-state index contributed by atoms with van der Waals surface area (Å²) in [4.78, 5) is 21.9. The molecule has 0 aliphatic carbocycles. The molecule has 0 atom stereocenters. The number of benzene rings is 1. The number of rotatable bonds is 5. The number of nitrogens with one attached hydrogen (secondary N) is 1. The second kappa shape index (κ2) is 7.67. The Kier molecular flexibility index (Phi) is 5.15. The standard InChI is InChI=1S/C17H15ClN6O/c1-11(24-25-2)15-8-12(6-7-19-15)16-20-10-21-17(23-16)22-14-5-3-4-13(18)9-14/h3-10H,1-2H3,(H,20,21,22,23)/b24-11-. The summed E-state index contributed by atoms with van der Waals surface area (Å²) in [5.41, 5.74) is 2.94. The molecule has 3 aromatic rings. The first-order valence-corrected chi connectivity index (χ1v) is 7.79. The third-order valence-corrected chi connectivity index (χ3v) is 3.50. The van der Waals surface area contributed by atoms with Crippen molar-refractivity contribution in [3.63, 3.8) is 0 Å². The van der Waals surface area contributed by atoms with E-state index in [-0.39, 0.29) is 0 Å². The van der Waals surface area contributed by atoms with E-state index in [1.807, 2.05) is 31.2 Å². The molecule has 2 heterocycles. The summed E-state index contributed by atoms with van der Waals surface area (Å²) in [7, 11) is 1.49. The maximum Gasteiger partial charge on any atom is 0.230 e. The maximum absolute atomic E-state index is 5.99. The zero-order valence-electron chi connectivity index (χ0n) is 13.6. The zero-order chi connectivity index (χ0) is 17.6. The van der Waals surface area contributed by atoms with Crippen molar-refractivity contribution >= 4 is 28.9 Å². The lowest BCUT2D eigenvalue weighted by Crippen LogP contribution is -2.02. The second-order valence-corrected chi connectivity index (χ2v) is 5.49. The molecule has 0 saturated carbocycles. The molecule has 0 fully saturated rings. The van der Waals surface area contributed by atoms with Gasteiger partial charge in [0, 0.05) is 22.5 Å². The number of hydrogen-bond acceptors (Lipinski definition) is 7. The number of anilines is 2. The van der Waals surface area contributed by atoms with Crippen LogP contribution in [-0.2, 0) is 4.84 Å². The van der Waals surface area contributed by atoms with E-state index in [9.17, 15) is 0 Å². The topological polar surface area (TPSA) is 85.2 Å². The lowest BCUT2D eigenvalue weighted by Gasteiger charge is -2.07. The van der Waals surface area contributed by atoms with Crippen LogP contribution in [0.25, 0.3) is 11.4 Å². The summed E-state index contributed by atoms with van der Waals surface area (Å²) >= 11 is 5.99. The van der Waals surface area contributed by atoms with Gasteiger partial charge in [0.1, 0.15) is 19.1 Å². The molecule has 0 bridgehead atoms. The monoisotopic (exact) mass is 354 g/mol. The van der Waals surface area contributed by atoms with Gasteiger partial charge in [-0.25, -0.2) is 9.97 Å². The zero-order valence-corrected chi connectivity index (χ0v) is 14.4. The second-order valence-electron chi connectivity index (χ2n) is 5.06. The molecule has 1 N–H and O–H groups in total. The SMILES string of the molecule is CO/N=C(/C)c1cc(-c2ncnc(Nc3cccc(Cl)c3)n2)ccn1. The van der Waals surface area contributed by atoms with E-state index in [2.05, 4.69) is 30.4 Å². The highest BCUT2D eigenvalue weighted by Crippen LogP contribution is 2.20. The van der Waals surface area contributed by atoms with E-state index < -0.39 is 0 Å². The van der Waals surface area contributed by atoms with Crippen molar-refractivity contribution in [3.8, 4) is 11.4 Å². The Hall–Kier alpha value is -3.06. The van der Waals surface area contributed by atoms with Crippen molar-refractivity contribution < 1.29 is 4.84 Å². The molecule has 0 radical (unpaired) electrons. The van der Waals surface area contributed by atoms with Gasteiger partial charge in [-0.1, -0.05) is 22.8 Å². The van der Waals surface area contributed by atoms with Crippen molar-refractivity contribution in [3.05, 3.63) is 59.6 Å². The number of nitrogens with zero attached hydrogens (tertiary/aromatic N) is 5. The quantitative estimate of drug-likeness (QED) is 0.555. The van der Waals surface area contributed by atoms with Gasteiger partial charge in [0.15, 0.2) is 5.82 Å². The van der Waals surface area contributed by atoms with E-state index >= 15 is 0 Å². The van der Waals surface area contributed by atoms with Crippen molar-refractivity contribution in [1.82, 2.24) is 19.9 Å². The Balaban J connectivity index is 1.89.